The van der Waals surface area contributed by atoms with Gasteiger partial charge in [-0.05, 0) is 85.9 Å². The molecule has 0 aliphatic heterocycles. The Bertz CT molecular complexity index is 1320. The standard InChI is InChI=1S/C30H29ClN2O3/c1-5-7-24-15-23(16-25(18-32)30(34)33-27-14-20(3)8-9-21(27)4)17-28(35-6-2)29(24)36-19-22-10-12-26(31)13-11-22/h5,8-17H,1,6-7,19H2,2-4H3,(H,33,34)/b25-16+. The summed E-state index contributed by atoms with van der Waals surface area (Å²) in [6.45, 7) is 10.4. The largest absolute Gasteiger partial charge is 0.490 e. The van der Waals surface area contributed by atoms with Crippen molar-refractivity contribution in [3.8, 4) is 17.6 Å². The maximum atomic E-state index is 12.9. The molecule has 3 aromatic carbocycles. The van der Waals surface area contributed by atoms with E-state index in [9.17, 15) is 10.1 Å². The summed E-state index contributed by atoms with van der Waals surface area (Å²) in [5.41, 5.74) is 5.05. The Balaban J connectivity index is 1.94. The van der Waals surface area contributed by atoms with Crippen LogP contribution in [-0.2, 0) is 17.8 Å². The van der Waals surface area contributed by atoms with Crippen molar-refractivity contribution in [1.82, 2.24) is 0 Å². The lowest BCUT2D eigenvalue weighted by Crippen LogP contribution is -2.14. The van der Waals surface area contributed by atoms with E-state index in [1.807, 2.05) is 75.4 Å². The van der Waals surface area contributed by atoms with Gasteiger partial charge in [-0.2, -0.15) is 5.26 Å². The molecule has 0 aliphatic carbocycles. The van der Waals surface area contributed by atoms with Crippen molar-refractivity contribution in [3.05, 3.63) is 106 Å². The van der Waals surface area contributed by atoms with Gasteiger partial charge in [-0.15, -0.1) is 6.58 Å². The van der Waals surface area contributed by atoms with Gasteiger partial charge in [0, 0.05) is 16.3 Å². The molecule has 0 aliphatic rings. The summed E-state index contributed by atoms with van der Waals surface area (Å²) in [6, 6.07) is 18.9. The zero-order chi connectivity index (χ0) is 26.1. The fourth-order valence-electron chi connectivity index (χ4n) is 3.61. The number of benzene rings is 3. The molecule has 0 spiro atoms. The molecule has 184 valence electrons. The predicted molar refractivity (Wildman–Crippen MR) is 145 cm³/mol. The molecule has 0 saturated heterocycles. The van der Waals surface area contributed by atoms with Gasteiger partial charge in [0.25, 0.3) is 5.91 Å². The van der Waals surface area contributed by atoms with Crippen molar-refractivity contribution < 1.29 is 14.3 Å². The van der Waals surface area contributed by atoms with E-state index >= 15 is 0 Å². The first-order chi connectivity index (χ1) is 17.3. The molecule has 0 bridgehead atoms. The number of nitrogens with zero attached hydrogens (tertiary/aromatic N) is 1. The molecule has 0 fully saturated rings. The smallest absolute Gasteiger partial charge is 0.266 e. The first-order valence-corrected chi connectivity index (χ1v) is 12.0. The molecule has 5 nitrogen and oxygen atoms in total. The molecule has 36 heavy (non-hydrogen) atoms. The van der Waals surface area contributed by atoms with Gasteiger partial charge < -0.3 is 14.8 Å². The highest BCUT2D eigenvalue weighted by Gasteiger charge is 2.16. The number of nitriles is 1. The Morgan fingerprint density at radius 3 is 2.53 bits per heavy atom. The molecular formula is C30H29ClN2O3. The molecule has 0 aromatic heterocycles. The van der Waals surface area contributed by atoms with Crippen molar-refractivity contribution in [2.24, 2.45) is 0 Å². The van der Waals surface area contributed by atoms with Crippen LogP contribution in [0.15, 0.2) is 72.8 Å². The van der Waals surface area contributed by atoms with Crippen molar-refractivity contribution in [2.45, 2.75) is 33.8 Å². The average Bonchev–Trinajstić information content (AvgIpc) is 2.85. The van der Waals surface area contributed by atoms with Crippen LogP contribution in [-0.4, -0.2) is 12.5 Å². The third-order valence-electron chi connectivity index (χ3n) is 5.43. The summed E-state index contributed by atoms with van der Waals surface area (Å²) in [4.78, 5) is 12.9. The number of aryl methyl sites for hydroxylation is 2. The van der Waals surface area contributed by atoms with Gasteiger partial charge in [-0.25, -0.2) is 0 Å². The quantitative estimate of drug-likeness (QED) is 0.181. The van der Waals surface area contributed by atoms with E-state index in [0.717, 1.165) is 22.3 Å². The lowest BCUT2D eigenvalue weighted by molar-refractivity contribution is -0.112. The zero-order valence-corrected chi connectivity index (χ0v) is 21.5. The minimum absolute atomic E-state index is 0.0160. The van der Waals surface area contributed by atoms with Crippen LogP contribution >= 0.6 is 11.6 Å². The van der Waals surface area contributed by atoms with Gasteiger partial charge in [0.1, 0.15) is 18.2 Å². The molecular weight excluding hydrogens is 472 g/mol. The fraction of sp³-hybridized carbons (Fsp3) is 0.200. The number of allylic oxidation sites excluding steroid dienone is 1. The van der Waals surface area contributed by atoms with E-state index < -0.39 is 5.91 Å². The number of hydrogen-bond acceptors (Lipinski definition) is 4. The van der Waals surface area contributed by atoms with Crippen molar-refractivity contribution in [3.63, 3.8) is 0 Å². The summed E-state index contributed by atoms with van der Waals surface area (Å²) < 4.78 is 12.0. The summed E-state index contributed by atoms with van der Waals surface area (Å²) >= 11 is 5.99. The lowest BCUT2D eigenvalue weighted by Gasteiger charge is -2.17. The SMILES string of the molecule is C=CCc1cc(/C=C(\C#N)C(=O)Nc2cc(C)ccc2C)cc(OCC)c1OCc1ccc(Cl)cc1. The van der Waals surface area contributed by atoms with E-state index in [1.54, 1.807) is 18.2 Å². The van der Waals surface area contributed by atoms with Crippen molar-refractivity contribution in [1.29, 1.82) is 5.26 Å². The molecule has 1 N–H and O–H groups in total. The van der Waals surface area contributed by atoms with Gasteiger partial charge in [-0.1, -0.05) is 41.9 Å². The van der Waals surface area contributed by atoms with Crippen LogP contribution in [0.3, 0.4) is 0 Å². The number of carbonyl (C=O) groups excluding carboxylic acids is 1. The van der Waals surface area contributed by atoms with Gasteiger partial charge in [0.15, 0.2) is 11.5 Å². The minimum atomic E-state index is -0.475. The lowest BCUT2D eigenvalue weighted by atomic mass is 10.0. The number of ether oxygens (including phenoxy) is 2. The number of nitrogens with one attached hydrogen (secondary N) is 1. The van der Waals surface area contributed by atoms with Crippen LogP contribution in [0.5, 0.6) is 11.5 Å². The normalized spacial score (nSPS) is 10.9. The van der Waals surface area contributed by atoms with Gasteiger partial charge in [-0.3, -0.25) is 4.79 Å². The Hall–Kier alpha value is -4.01. The Kier molecular flexibility index (Phi) is 9.32. The highest BCUT2D eigenvalue weighted by Crippen LogP contribution is 2.35. The molecule has 0 saturated carbocycles. The van der Waals surface area contributed by atoms with Crippen molar-refractivity contribution in [2.75, 3.05) is 11.9 Å². The van der Waals surface area contributed by atoms with E-state index in [1.165, 1.54) is 0 Å². The van der Waals surface area contributed by atoms with Gasteiger partial charge in [0.2, 0.25) is 0 Å². The third-order valence-corrected chi connectivity index (χ3v) is 5.68. The topological polar surface area (TPSA) is 71.4 Å². The van der Waals surface area contributed by atoms with Gasteiger partial charge >= 0.3 is 0 Å². The first kappa shape index (κ1) is 26.6. The zero-order valence-electron chi connectivity index (χ0n) is 20.7. The number of hydrogen-bond donors (Lipinski definition) is 1. The molecule has 3 aromatic rings. The molecule has 6 heteroatoms. The van der Waals surface area contributed by atoms with E-state index in [4.69, 9.17) is 21.1 Å². The third kappa shape index (κ3) is 7.00. The van der Waals surface area contributed by atoms with Crippen LogP contribution in [0.2, 0.25) is 5.02 Å². The second kappa shape index (κ2) is 12.6. The monoisotopic (exact) mass is 500 g/mol. The van der Waals surface area contributed by atoms with Crippen LogP contribution in [0.1, 0.15) is 34.7 Å². The Morgan fingerprint density at radius 2 is 1.86 bits per heavy atom. The van der Waals surface area contributed by atoms with E-state index in [2.05, 4.69) is 11.9 Å². The summed E-state index contributed by atoms with van der Waals surface area (Å²) in [7, 11) is 0. The second-order valence-electron chi connectivity index (χ2n) is 8.29. The number of amides is 1. The first-order valence-electron chi connectivity index (χ1n) is 11.6. The average molecular weight is 501 g/mol. The number of anilines is 1. The minimum Gasteiger partial charge on any atom is -0.490 e. The van der Waals surface area contributed by atoms with Crippen LogP contribution < -0.4 is 14.8 Å². The van der Waals surface area contributed by atoms with Gasteiger partial charge in [0.05, 0.1) is 6.61 Å². The summed E-state index contributed by atoms with van der Waals surface area (Å²) in [5.74, 6) is 0.656. The number of halogens is 1. The highest BCUT2D eigenvalue weighted by atomic mass is 35.5. The summed E-state index contributed by atoms with van der Waals surface area (Å²) in [5, 5.41) is 13.2. The highest BCUT2D eigenvalue weighted by molar-refractivity contribution is 6.30. The second-order valence-corrected chi connectivity index (χ2v) is 8.73. The van der Waals surface area contributed by atoms with E-state index in [0.29, 0.717) is 47.4 Å². The Morgan fingerprint density at radius 1 is 1.11 bits per heavy atom. The van der Waals surface area contributed by atoms with E-state index in [-0.39, 0.29) is 5.57 Å². The predicted octanol–water partition coefficient (Wildman–Crippen LogP) is 7.21. The van der Waals surface area contributed by atoms with Crippen LogP contribution in [0.4, 0.5) is 5.69 Å². The molecule has 3 rings (SSSR count). The Labute approximate surface area is 217 Å². The van der Waals surface area contributed by atoms with Crippen LogP contribution in [0, 0.1) is 25.2 Å². The molecule has 0 unspecified atom stereocenters. The van der Waals surface area contributed by atoms with Crippen molar-refractivity contribution >= 4 is 29.3 Å². The maximum absolute atomic E-state index is 12.9. The fourth-order valence-corrected chi connectivity index (χ4v) is 3.74. The maximum Gasteiger partial charge on any atom is 0.266 e. The molecule has 0 heterocycles. The molecule has 0 atom stereocenters. The molecule has 0 radical (unpaired) electrons. The molecule has 1 amide bonds. The van der Waals surface area contributed by atoms with Crippen LogP contribution in [0.25, 0.3) is 6.08 Å². The number of rotatable bonds is 10. The summed E-state index contributed by atoms with van der Waals surface area (Å²) in [6.07, 6.45) is 3.85. The number of carbonyl (C=O) groups is 1.